The van der Waals surface area contributed by atoms with Crippen molar-refractivity contribution in [3.8, 4) is 5.75 Å². The van der Waals surface area contributed by atoms with Crippen molar-refractivity contribution in [1.82, 2.24) is 14.8 Å². The highest BCUT2D eigenvalue weighted by atomic mass is 16.5. The van der Waals surface area contributed by atoms with Crippen molar-refractivity contribution in [2.24, 2.45) is 0 Å². The third kappa shape index (κ3) is 3.87. The molecule has 0 saturated carbocycles. The normalized spacial score (nSPS) is 22.7. The number of pyridine rings is 1. The first-order chi connectivity index (χ1) is 16.1. The number of carbonyl (C=O) groups excluding carboxylic acids is 2. The number of rotatable bonds is 5. The summed E-state index contributed by atoms with van der Waals surface area (Å²) in [5, 5.41) is 0. The Morgan fingerprint density at radius 1 is 1.21 bits per heavy atom. The lowest BCUT2D eigenvalue weighted by atomic mass is 9.83. The summed E-state index contributed by atoms with van der Waals surface area (Å²) in [5.74, 6) is 0.303. The molecule has 0 radical (unpaired) electrons. The maximum atomic E-state index is 13.9. The van der Waals surface area contributed by atoms with Crippen molar-refractivity contribution >= 4 is 11.8 Å². The van der Waals surface area contributed by atoms with Crippen LogP contribution in [0.1, 0.15) is 27.6 Å². The van der Waals surface area contributed by atoms with Crippen LogP contribution in [-0.4, -0.2) is 65.6 Å². The molecule has 2 saturated heterocycles. The number of likely N-dealkylation sites (tertiary alicyclic amines) is 1. The van der Waals surface area contributed by atoms with Gasteiger partial charge in [0.05, 0.1) is 26.5 Å². The molecule has 2 amide bonds. The molecular weight excluding hydrogens is 422 g/mol. The molecule has 8 nitrogen and oxygen atoms in total. The van der Waals surface area contributed by atoms with Crippen LogP contribution < -0.4 is 4.74 Å². The van der Waals surface area contributed by atoms with Crippen LogP contribution in [0.25, 0.3) is 0 Å². The van der Waals surface area contributed by atoms with Gasteiger partial charge in [0.2, 0.25) is 0 Å². The zero-order chi connectivity index (χ0) is 22.8. The van der Waals surface area contributed by atoms with Gasteiger partial charge in [-0.2, -0.15) is 0 Å². The second-order valence-electron chi connectivity index (χ2n) is 8.31. The zero-order valence-electron chi connectivity index (χ0n) is 18.3. The summed E-state index contributed by atoms with van der Waals surface area (Å²) in [4.78, 5) is 34.7. The fourth-order valence-electron chi connectivity index (χ4n) is 4.73. The molecule has 4 heterocycles. The van der Waals surface area contributed by atoms with Crippen molar-refractivity contribution < 1.29 is 23.5 Å². The monoisotopic (exact) mass is 447 g/mol. The lowest BCUT2D eigenvalue weighted by molar-refractivity contribution is -0.172. The average molecular weight is 447 g/mol. The number of nitrogens with zero attached hydrogens (tertiary/aromatic N) is 3. The Morgan fingerprint density at radius 3 is 2.76 bits per heavy atom. The number of benzene rings is 1. The number of carbonyl (C=O) groups is 2. The standard InChI is InChI=1S/C25H25N3O5/c1-31-20-8-6-18(7-9-20)15-27-11-13-33-25(24(27)30)17-28(23(29)22-5-3-12-32-22)16-21(25)19-4-2-10-26-14-19/h2-10,12,14,21H,11,13,15-17H2,1H3/t21-,25+/m0/s1. The number of hydrogen-bond donors (Lipinski definition) is 0. The van der Waals surface area contributed by atoms with E-state index in [2.05, 4.69) is 4.98 Å². The summed E-state index contributed by atoms with van der Waals surface area (Å²) in [6.45, 7) is 1.83. The third-order valence-corrected chi connectivity index (χ3v) is 6.40. The second kappa shape index (κ2) is 8.71. The van der Waals surface area contributed by atoms with E-state index in [1.807, 2.05) is 41.3 Å². The van der Waals surface area contributed by atoms with E-state index in [1.165, 1.54) is 6.26 Å². The number of aromatic nitrogens is 1. The fraction of sp³-hybridized carbons (Fsp3) is 0.320. The smallest absolute Gasteiger partial charge is 0.289 e. The SMILES string of the molecule is COc1ccc(CN2CCO[C@@]3(CN(C(=O)c4ccco4)C[C@H]3c3cccnc3)C2=O)cc1. The van der Waals surface area contributed by atoms with E-state index >= 15 is 0 Å². The molecule has 2 aromatic heterocycles. The topological polar surface area (TPSA) is 85.1 Å². The molecule has 8 heteroatoms. The fourth-order valence-corrected chi connectivity index (χ4v) is 4.73. The number of ether oxygens (including phenoxy) is 2. The van der Waals surface area contributed by atoms with Crippen LogP contribution in [0.2, 0.25) is 0 Å². The van der Waals surface area contributed by atoms with Crippen molar-refractivity contribution in [3.05, 3.63) is 84.1 Å². The van der Waals surface area contributed by atoms with Crippen LogP contribution in [0.4, 0.5) is 0 Å². The number of methoxy groups -OCH3 is 1. The van der Waals surface area contributed by atoms with Crippen LogP contribution in [0, 0.1) is 0 Å². The highest BCUT2D eigenvalue weighted by Crippen LogP contribution is 2.42. The van der Waals surface area contributed by atoms with Gasteiger partial charge < -0.3 is 23.7 Å². The first-order valence-electron chi connectivity index (χ1n) is 10.9. The molecule has 1 aromatic carbocycles. The van der Waals surface area contributed by atoms with Crippen molar-refractivity contribution in [2.75, 3.05) is 33.4 Å². The molecule has 5 rings (SSSR count). The Kier molecular flexibility index (Phi) is 5.60. The maximum absolute atomic E-state index is 13.9. The number of hydrogen-bond acceptors (Lipinski definition) is 6. The number of morpholine rings is 1. The van der Waals surface area contributed by atoms with Gasteiger partial charge in [0.25, 0.3) is 11.8 Å². The molecule has 2 atom stereocenters. The summed E-state index contributed by atoms with van der Waals surface area (Å²) in [6.07, 6.45) is 4.90. The van der Waals surface area contributed by atoms with Crippen LogP contribution in [-0.2, 0) is 16.1 Å². The quantitative estimate of drug-likeness (QED) is 0.598. The second-order valence-corrected chi connectivity index (χ2v) is 8.31. The summed E-state index contributed by atoms with van der Waals surface area (Å²) >= 11 is 0. The van der Waals surface area contributed by atoms with Crippen LogP contribution in [0.15, 0.2) is 71.6 Å². The van der Waals surface area contributed by atoms with Crippen LogP contribution >= 0.6 is 0 Å². The Hall–Kier alpha value is -3.65. The average Bonchev–Trinajstić information content (AvgIpc) is 3.52. The molecule has 170 valence electrons. The lowest BCUT2D eigenvalue weighted by Gasteiger charge is -2.42. The largest absolute Gasteiger partial charge is 0.497 e. The Labute approximate surface area is 191 Å². The van der Waals surface area contributed by atoms with E-state index in [9.17, 15) is 9.59 Å². The minimum Gasteiger partial charge on any atom is -0.497 e. The summed E-state index contributed by atoms with van der Waals surface area (Å²) < 4.78 is 16.8. The third-order valence-electron chi connectivity index (χ3n) is 6.40. The van der Waals surface area contributed by atoms with E-state index < -0.39 is 5.60 Å². The van der Waals surface area contributed by atoms with Crippen molar-refractivity contribution in [1.29, 1.82) is 0 Å². The van der Waals surface area contributed by atoms with Gasteiger partial charge in [0, 0.05) is 37.9 Å². The molecule has 0 N–H and O–H groups in total. The minimum atomic E-state index is -1.17. The predicted molar refractivity (Wildman–Crippen MR) is 119 cm³/mol. The van der Waals surface area contributed by atoms with Gasteiger partial charge in [-0.05, 0) is 41.5 Å². The van der Waals surface area contributed by atoms with Crippen molar-refractivity contribution in [3.63, 3.8) is 0 Å². The molecule has 0 aliphatic carbocycles. The zero-order valence-corrected chi connectivity index (χ0v) is 18.3. The van der Waals surface area contributed by atoms with E-state index in [0.29, 0.717) is 26.2 Å². The van der Waals surface area contributed by atoms with Gasteiger partial charge in [0.15, 0.2) is 11.4 Å². The van der Waals surface area contributed by atoms with E-state index in [1.54, 1.807) is 36.5 Å². The Morgan fingerprint density at radius 2 is 2.06 bits per heavy atom. The number of amides is 2. The van der Waals surface area contributed by atoms with Gasteiger partial charge in [-0.15, -0.1) is 0 Å². The predicted octanol–water partition coefficient (Wildman–Crippen LogP) is 2.72. The van der Waals surface area contributed by atoms with Crippen LogP contribution in [0.3, 0.4) is 0 Å². The Bertz CT molecular complexity index is 1120. The Balaban J connectivity index is 1.45. The minimum absolute atomic E-state index is 0.117. The highest BCUT2D eigenvalue weighted by molar-refractivity contribution is 5.94. The molecule has 3 aromatic rings. The summed E-state index contributed by atoms with van der Waals surface area (Å²) in [5.41, 5.74) is 0.697. The summed E-state index contributed by atoms with van der Waals surface area (Å²) in [6, 6.07) is 14.7. The molecule has 1 spiro atoms. The molecule has 0 unspecified atom stereocenters. The molecule has 33 heavy (non-hydrogen) atoms. The van der Waals surface area contributed by atoms with E-state index in [4.69, 9.17) is 13.9 Å². The van der Waals surface area contributed by atoms with Gasteiger partial charge in [-0.3, -0.25) is 14.6 Å². The van der Waals surface area contributed by atoms with Gasteiger partial charge in [-0.1, -0.05) is 18.2 Å². The number of furan rings is 1. The van der Waals surface area contributed by atoms with Crippen molar-refractivity contribution in [2.45, 2.75) is 18.1 Å². The lowest BCUT2D eigenvalue weighted by Crippen LogP contribution is -2.60. The summed E-state index contributed by atoms with van der Waals surface area (Å²) in [7, 11) is 1.62. The molecule has 2 aliphatic heterocycles. The first kappa shape index (κ1) is 21.2. The van der Waals surface area contributed by atoms with Gasteiger partial charge in [0.1, 0.15) is 5.75 Å². The molecule has 0 bridgehead atoms. The molecular formula is C25H25N3O5. The molecule has 2 aliphatic rings. The first-order valence-corrected chi connectivity index (χ1v) is 10.9. The van der Waals surface area contributed by atoms with Gasteiger partial charge >= 0.3 is 0 Å². The van der Waals surface area contributed by atoms with Crippen LogP contribution in [0.5, 0.6) is 5.75 Å². The highest BCUT2D eigenvalue weighted by Gasteiger charge is 2.58. The van der Waals surface area contributed by atoms with Gasteiger partial charge in [-0.25, -0.2) is 0 Å². The van der Waals surface area contributed by atoms with E-state index in [0.717, 1.165) is 16.9 Å². The molecule has 2 fully saturated rings. The van der Waals surface area contributed by atoms with E-state index in [-0.39, 0.29) is 30.0 Å². The maximum Gasteiger partial charge on any atom is 0.289 e.